The number of aromatic nitrogens is 1. The van der Waals surface area contributed by atoms with Crippen LogP contribution in [0.5, 0.6) is 0 Å². The van der Waals surface area contributed by atoms with Gasteiger partial charge in [0.05, 0.1) is 0 Å². The van der Waals surface area contributed by atoms with Crippen LogP contribution in [0.2, 0.25) is 0 Å². The van der Waals surface area contributed by atoms with Crippen LogP contribution in [-0.4, -0.2) is 34.1 Å². The second-order valence-corrected chi connectivity index (χ2v) is 5.49. The van der Waals surface area contributed by atoms with E-state index in [1.165, 1.54) is 0 Å². The predicted molar refractivity (Wildman–Crippen MR) is 89.4 cm³/mol. The molecule has 0 spiro atoms. The summed E-state index contributed by atoms with van der Waals surface area (Å²) in [5, 5.41) is 16.3. The van der Waals surface area contributed by atoms with Gasteiger partial charge in [-0.3, -0.25) is 4.79 Å². The lowest BCUT2D eigenvalue weighted by Crippen LogP contribution is -2.43. The molecule has 3 N–H and O–H groups in total. The van der Waals surface area contributed by atoms with E-state index in [2.05, 4.69) is 20.3 Å². The molecule has 0 saturated heterocycles. The molecular weight excluding hydrogens is 310 g/mol. The van der Waals surface area contributed by atoms with Crippen LogP contribution in [0.1, 0.15) is 25.3 Å². The summed E-state index contributed by atoms with van der Waals surface area (Å²) in [6, 6.07) is 6.05. The van der Waals surface area contributed by atoms with Crippen LogP contribution in [0.25, 0.3) is 21.3 Å². The van der Waals surface area contributed by atoms with Crippen molar-refractivity contribution in [2.45, 2.75) is 38.3 Å². The van der Waals surface area contributed by atoms with Crippen LogP contribution in [0.15, 0.2) is 35.6 Å². The Balaban J connectivity index is 2.08. The molecule has 1 amide bonds. The number of benzene rings is 1. The maximum Gasteiger partial charge on any atom is 0.326 e. The minimum atomic E-state index is -1.11. The minimum absolute atomic E-state index is 0.0295. The van der Waals surface area contributed by atoms with Crippen LogP contribution in [0, 0.1) is 0 Å². The molecule has 2 unspecified atom stereocenters. The molecule has 0 aliphatic rings. The summed E-state index contributed by atoms with van der Waals surface area (Å²) in [6.07, 6.45) is 2.40. The molecule has 126 valence electrons. The topological polar surface area (TPSA) is 131 Å². The van der Waals surface area contributed by atoms with Gasteiger partial charge in [-0.2, -0.15) is 0 Å². The van der Waals surface area contributed by atoms with E-state index >= 15 is 0 Å². The van der Waals surface area contributed by atoms with Gasteiger partial charge in [0.1, 0.15) is 6.04 Å². The predicted octanol–water partition coefficient (Wildman–Crippen LogP) is 2.76. The summed E-state index contributed by atoms with van der Waals surface area (Å²) in [5.41, 5.74) is 10.2. The molecular formula is C16H19N5O3. The van der Waals surface area contributed by atoms with E-state index < -0.39 is 24.0 Å². The molecule has 2 rings (SSSR count). The average Bonchev–Trinajstić information content (AvgIpc) is 2.97. The zero-order chi connectivity index (χ0) is 17.5. The zero-order valence-corrected chi connectivity index (χ0v) is 13.3. The fraction of sp³-hybridized carbons (Fsp3) is 0.375. The molecule has 1 heterocycles. The number of amides is 1. The molecule has 0 saturated carbocycles. The fourth-order valence-electron chi connectivity index (χ4n) is 2.53. The lowest BCUT2D eigenvalue weighted by molar-refractivity contribution is -0.141. The van der Waals surface area contributed by atoms with Gasteiger partial charge in [-0.25, -0.2) is 4.79 Å². The van der Waals surface area contributed by atoms with E-state index in [-0.39, 0.29) is 12.8 Å². The number of nitrogens with zero attached hydrogens (tertiary/aromatic N) is 3. The Morgan fingerprint density at radius 2 is 2.17 bits per heavy atom. The number of aliphatic carboxylic acids is 1. The lowest BCUT2D eigenvalue weighted by Gasteiger charge is -2.15. The van der Waals surface area contributed by atoms with Gasteiger partial charge in [0, 0.05) is 40.9 Å². The van der Waals surface area contributed by atoms with Crippen molar-refractivity contribution in [2.24, 2.45) is 5.11 Å². The number of H-pyrrole nitrogens is 1. The van der Waals surface area contributed by atoms with Gasteiger partial charge in [0.2, 0.25) is 5.91 Å². The first-order valence-electron chi connectivity index (χ1n) is 7.66. The zero-order valence-electron chi connectivity index (χ0n) is 13.3. The highest BCUT2D eigenvalue weighted by molar-refractivity contribution is 5.86. The van der Waals surface area contributed by atoms with E-state index in [9.17, 15) is 14.7 Å². The molecule has 24 heavy (non-hydrogen) atoms. The summed E-state index contributed by atoms with van der Waals surface area (Å²) >= 11 is 0. The number of azide groups is 1. The van der Waals surface area contributed by atoms with Gasteiger partial charge < -0.3 is 15.4 Å². The van der Waals surface area contributed by atoms with Crippen molar-refractivity contribution < 1.29 is 14.7 Å². The van der Waals surface area contributed by atoms with E-state index in [0.29, 0.717) is 6.42 Å². The van der Waals surface area contributed by atoms with Gasteiger partial charge in [0.15, 0.2) is 0 Å². The van der Waals surface area contributed by atoms with Gasteiger partial charge in [0.25, 0.3) is 0 Å². The van der Waals surface area contributed by atoms with Crippen molar-refractivity contribution in [3.05, 3.63) is 46.5 Å². The maximum absolute atomic E-state index is 12.0. The molecule has 0 fully saturated rings. The van der Waals surface area contributed by atoms with Gasteiger partial charge in [-0.05, 0) is 23.6 Å². The van der Waals surface area contributed by atoms with Crippen molar-refractivity contribution in [3.63, 3.8) is 0 Å². The number of hydrogen-bond acceptors (Lipinski definition) is 3. The molecule has 0 radical (unpaired) electrons. The highest BCUT2D eigenvalue weighted by Gasteiger charge is 2.22. The quantitative estimate of drug-likeness (QED) is 0.391. The summed E-state index contributed by atoms with van der Waals surface area (Å²) in [6.45, 7) is 1.80. The summed E-state index contributed by atoms with van der Waals surface area (Å²) in [5.74, 6) is -1.55. The summed E-state index contributed by atoms with van der Waals surface area (Å²) in [4.78, 5) is 29.3. The number of fused-ring (bicyclic) bond motifs is 1. The minimum Gasteiger partial charge on any atom is -0.480 e. The van der Waals surface area contributed by atoms with E-state index in [4.69, 9.17) is 5.53 Å². The SMILES string of the molecule is CCC(CC(=O)NC(Cc1c[nH]c2ccccc12)C(=O)O)N=[N+]=[N-]. The third kappa shape index (κ3) is 4.27. The maximum atomic E-state index is 12.0. The van der Waals surface area contributed by atoms with Crippen molar-refractivity contribution in [1.82, 2.24) is 10.3 Å². The number of nitrogens with one attached hydrogen (secondary N) is 2. The number of carboxylic acids is 1. The monoisotopic (exact) mass is 329 g/mol. The molecule has 0 aliphatic carbocycles. The molecule has 2 atom stereocenters. The molecule has 0 aliphatic heterocycles. The third-order valence-electron chi connectivity index (χ3n) is 3.84. The van der Waals surface area contributed by atoms with Crippen LogP contribution >= 0.6 is 0 Å². The normalized spacial score (nSPS) is 13.0. The number of carbonyl (C=O) groups is 2. The first-order valence-corrected chi connectivity index (χ1v) is 7.66. The first kappa shape index (κ1) is 17.4. The fourth-order valence-corrected chi connectivity index (χ4v) is 2.53. The molecule has 0 bridgehead atoms. The molecule has 1 aromatic carbocycles. The Morgan fingerprint density at radius 1 is 1.42 bits per heavy atom. The number of aromatic amines is 1. The van der Waals surface area contributed by atoms with Gasteiger partial charge in [-0.1, -0.05) is 30.2 Å². The number of hydrogen-bond donors (Lipinski definition) is 3. The van der Waals surface area contributed by atoms with E-state index in [1.807, 2.05) is 24.3 Å². The van der Waals surface area contributed by atoms with Crippen molar-refractivity contribution in [2.75, 3.05) is 0 Å². The van der Waals surface area contributed by atoms with E-state index in [1.54, 1.807) is 13.1 Å². The van der Waals surface area contributed by atoms with Crippen molar-refractivity contribution >= 4 is 22.8 Å². The Morgan fingerprint density at radius 3 is 2.83 bits per heavy atom. The number of carboxylic acid groups (broad SMARTS) is 1. The van der Waals surface area contributed by atoms with Crippen LogP contribution < -0.4 is 5.32 Å². The second-order valence-electron chi connectivity index (χ2n) is 5.49. The second kappa shape index (κ2) is 8.03. The Labute approximate surface area is 138 Å². The lowest BCUT2D eigenvalue weighted by atomic mass is 10.0. The molecule has 8 heteroatoms. The Hall–Kier alpha value is -2.99. The van der Waals surface area contributed by atoms with Crippen LogP contribution in [0.4, 0.5) is 0 Å². The first-order chi connectivity index (χ1) is 11.5. The molecule has 8 nitrogen and oxygen atoms in total. The third-order valence-corrected chi connectivity index (χ3v) is 3.84. The van der Waals surface area contributed by atoms with Gasteiger partial charge >= 0.3 is 5.97 Å². The average molecular weight is 329 g/mol. The summed E-state index contributed by atoms with van der Waals surface area (Å²) < 4.78 is 0. The molecule has 2 aromatic rings. The van der Waals surface area contributed by atoms with Crippen LogP contribution in [0.3, 0.4) is 0 Å². The molecule has 1 aromatic heterocycles. The van der Waals surface area contributed by atoms with Crippen LogP contribution in [-0.2, 0) is 16.0 Å². The number of para-hydroxylation sites is 1. The number of rotatable bonds is 8. The van der Waals surface area contributed by atoms with Crippen molar-refractivity contribution in [3.8, 4) is 0 Å². The smallest absolute Gasteiger partial charge is 0.326 e. The highest BCUT2D eigenvalue weighted by atomic mass is 16.4. The highest BCUT2D eigenvalue weighted by Crippen LogP contribution is 2.19. The summed E-state index contributed by atoms with van der Waals surface area (Å²) in [7, 11) is 0. The van der Waals surface area contributed by atoms with E-state index in [0.717, 1.165) is 16.5 Å². The largest absolute Gasteiger partial charge is 0.480 e. The standard InChI is InChI=1S/C16H19N5O3/c1-2-11(20-21-17)8-15(22)19-14(16(23)24)7-10-9-18-13-6-4-3-5-12(10)13/h3-6,9,11,14,18H,2,7-8H2,1H3,(H,19,22)(H,23,24). The van der Waals surface area contributed by atoms with Crippen molar-refractivity contribution in [1.29, 1.82) is 0 Å². The number of carbonyl (C=O) groups excluding carboxylic acids is 1. The Bertz CT molecular complexity index is 779. The Kier molecular flexibility index (Phi) is 5.81. The van der Waals surface area contributed by atoms with Gasteiger partial charge in [-0.15, -0.1) is 0 Å².